The molecule has 3 aromatic rings. The van der Waals surface area contributed by atoms with Crippen LogP contribution in [0, 0.1) is 0 Å². The van der Waals surface area contributed by atoms with Crippen molar-refractivity contribution < 1.29 is 36.2 Å². The Bertz CT molecular complexity index is 1050. The lowest BCUT2D eigenvalue weighted by Crippen LogP contribution is -2.21. The summed E-state index contributed by atoms with van der Waals surface area (Å²) < 4.78 is 73.9. The molecule has 0 bridgehead atoms. The molecule has 2 aromatic carbocycles. The van der Waals surface area contributed by atoms with Crippen LogP contribution in [0.5, 0.6) is 11.6 Å². The van der Waals surface area contributed by atoms with E-state index in [1.165, 1.54) is 36.4 Å². The SMILES string of the molecule is O=C(COc1cc(C(F)(F)F)nn1-c1ccccc1Cl)Nc1ccc(OC(F)F)cc1. The number of rotatable bonds is 7. The van der Waals surface area contributed by atoms with Crippen LogP contribution in [0.2, 0.25) is 5.02 Å². The van der Waals surface area contributed by atoms with Crippen LogP contribution in [0.1, 0.15) is 5.69 Å². The molecule has 0 saturated carbocycles. The third kappa shape index (κ3) is 5.85. The standard InChI is InChI=1S/C19H13ClF5N3O3/c20-13-3-1-2-4-14(13)28-17(9-15(27-28)19(23,24)25)30-10-16(29)26-11-5-7-12(8-6-11)31-18(21)22/h1-9,18H,10H2,(H,26,29). The van der Waals surface area contributed by atoms with Crippen molar-refractivity contribution in [1.29, 1.82) is 0 Å². The Balaban J connectivity index is 1.72. The minimum atomic E-state index is -4.74. The number of hydrogen-bond donors (Lipinski definition) is 1. The van der Waals surface area contributed by atoms with Gasteiger partial charge in [0, 0.05) is 11.8 Å². The summed E-state index contributed by atoms with van der Waals surface area (Å²) in [6.07, 6.45) is -4.74. The lowest BCUT2D eigenvalue weighted by Gasteiger charge is -2.11. The predicted molar refractivity (Wildman–Crippen MR) is 101 cm³/mol. The molecule has 164 valence electrons. The molecule has 1 aromatic heterocycles. The van der Waals surface area contributed by atoms with Gasteiger partial charge in [-0.1, -0.05) is 23.7 Å². The summed E-state index contributed by atoms with van der Waals surface area (Å²) in [5.41, 5.74) is -0.854. The molecule has 0 unspecified atom stereocenters. The minimum Gasteiger partial charge on any atom is -0.467 e. The number of amides is 1. The van der Waals surface area contributed by atoms with Gasteiger partial charge in [-0.15, -0.1) is 0 Å². The fourth-order valence-corrected chi connectivity index (χ4v) is 2.67. The maximum absolute atomic E-state index is 13.1. The van der Waals surface area contributed by atoms with E-state index < -0.39 is 31.0 Å². The number of ether oxygens (including phenoxy) is 2. The zero-order chi connectivity index (χ0) is 22.6. The molecule has 1 heterocycles. The van der Waals surface area contributed by atoms with E-state index in [2.05, 4.69) is 15.2 Å². The van der Waals surface area contributed by atoms with Crippen molar-refractivity contribution >= 4 is 23.2 Å². The number of carbonyl (C=O) groups excluding carboxylic acids is 1. The summed E-state index contributed by atoms with van der Waals surface area (Å²) in [4.78, 5) is 12.1. The summed E-state index contributed by atoms with van der Waals surface area (Å²) in [5.74, 6) is -1.16. The summed E-state index contributed by atoms with van der Waals surface area (Å²) in [5, 5.41) is 6.02. The molecule has 31 heavy (non-hydrogen) atoms. The normalized spacial score (nSPS) is 11.5. The van der Waals surface area contributed by atoms with Crippen LogP contribution in [-0.2, 0) is 11.0 Å². The number of nitrogens with zero attached hydrogens (tertiary/aromatic N) is 2. The number of hydrogen-bond acceptors (Lipinski definition) is 4. The highest BCUT2D eigenvalue weighted by atomic mass is 35.5. The van der Waals surface area contributed by atoms with Crippen LogP contribution in [0.4, 0.5) is 27.6 Å². The highest BCUT2D eigenvalue weighted by Gasteiger charge is 2.36. The molecule has 0 spiro atoms. The first-order valence-corrected chi connectivity index (χ1v) is 8.91. The van der Waals surface area contributed by atoms with E-state index in [4.69, 9.17) is 16.3 Å². The molecule has 0 aliphatic rings. The van der Waals surface area contributed by atoms with E-state index in [0.29, 0.717) is 6.07 Å². The fourth-order valence-electron chi connectivity index (χ4n) is 2.46. The molecule has 1 N–H and O–H groups in total. The molecule has 0 saturated heterocycles. The third-order valence-electron chi connectivity index (χ3n) is 3.76. The van der Waals surface area contributed by atoms with E-state index >= 15 is 0 Å². The zero-order valence-electron chi connectivity index (χ0n) is 15.4. The Morgan fingerprint density at radius 2 is 1.81 bits per heavy atom. The van der Waals surface area contributed by atoms with Gasteiger partial charge in [-0.25, -0.2) is 0 Å². The average Bonchev–Trinajstić information content (AvgIpc) is 3.12. The summed E-state index contributed by atoms with van der Waals surface area (Å²) in [6, 6.07) is 11.7. The van der Waals surface area contributed by atoms with Gasteiger partial charge in [0.15, 0.2) is 12.3 Å². The maximum Gasteiger partial charge on any atom is 0.435 e. The van der Waals surface area contributed by atoms with Crippen molar-refractivity contribution in [3.8, 4) is 17.3 Å². The Morgan fingerprint density at radius 1 is 1.13 bits per heavy atom. The van der Waals surface area contributed by atoms with Gasteiger partial charge in [0.2, 0.25) is 5.88 Å². The average molecular weight is 462 g/mol. The molecule has 1 amide bonds. The van der Waals surface area contributed by atoms with Gasteiger partial charge in [0.05, 0.1) is 10.7 Å². The Labute approximate surface area is 177 Å². The second-order valence-electron chi connectivity index (χ2n) is 5.97. The molecule has 0 fully saturated rings. The Hall–Kier alpha value is -3.34. The lowest BCUT2D eigenvalue weighted by atomic mass is 10.3. The van der Waals surface area contributed by atoms with Gasteiger partial charge in [-0.05, 0) is 36.4 Å². The van der Waals surface area contributed by atoms with Crippen molar-refractivity contribution in [3.63, 3.8) is 0 Å². The number of nitrogens with one attached hydrogen (secondary N) is 1. The van der Waals surface area contributed by atoms with Crippen LogP contribution in [0.25, 0.3) is 5.69 Å². The number of anilines is 1. The van der Waals surface area contributed by atoms with Crippen molar-refractivity contribution in [2.24, 2.45) is 0 Å². The largest absolute Gasteiger partial charge is 0.467 e. The molecule has 0 aliphatic carbocycles. The van der Waals surface area contributed by atoms with Crippen LogP contribution in [0.3, 0.4) is 0 Å². The van der Waals surface area contributed by atoms with Crippen molar-refractivity contribution in [2.45, 2.75) is 12.8 Å². The van der Waals surface area contributed by atoms with Gasteiger partial charge < -0.3 is 14.8 Å². The number of carbonyl (C=O) groups is 1. The molecule has 0 aliphatic heterocycles. The first-order valence-electron chi connectivity index (χ1n) is 8.53. The monoisotopic (exact) mass is 461 g/mol. The quantitative estimate of drug-likeness (QED) is 0.493. The molecule has 0 atom stereocenters. The summed E-state index contributed by atoms with van der Waals surface area (Å²) in [6.45, 7) is -3.64. The van der Waals surface area contributed by atoms with Crippen molar-refractivity contribution in [2.75, 3.05) is 11.9 Å². The molecule has 0 radical (unpaired) electrons. The number of aromatic nitrogens is 2. The third-order valence-corrected chi connectivity index (χ3v) is 4.08. The second-order valence-corrected chi connectivity index (χ2v) is 6.38. The second kappa shape index (κ2) is 9.21. The van der Waals surface area contributed by atoms with Crippen molar-refractivity contribution in [1.82, 2.24) is 9.78 Å². The summed E-state index contributed by atoms with van der Waals surface area (Å²) in [7, 11) is 0. The van der Waals surface area contributed by atoms with E-state index in [1.807, 2.05) is 0 Å². The van der Waals surface area contributed by atoms with Gasteiger partial charge in [-0.3, -0.25) is 4.79 Å². The number of alkyl halides is 5. The van der Waals surface area contributed by atoms with Gasteiger partial charge >= 0.3 is 12.8 Å². The predicted octanol–water partition coefficient (Wildman–Crippen LogP) is 5.16. The fraction of sp³-hybridized carbons (Fsp3) is 0.158. The molecule has 6 nitrogen and oxygen atoms in total. The lowest BCUT2D eigenvalue weighted by molar-refractivity contribution is -0.141. The van der Waals surface area contributed by atoms with Gasteiger partial charge in [-0.2, -0.15) is 31.7 Å². The van der Waals surface area contributed by atoms with Gasteiger partial charge in [0.25, 0.3) is 5.91 Å². The molecular weight excluding hydrogens is 449 g/mol. The van der Waals surface area contributed by atoms with Crippen LogP contribution in [0.15, 0.2) is 54.6 Å². The highest BCUT2D eigenvalue weighted by Crippen LogP contribution is 2.33. The smallest absolute Gasteiger partial charge is 0.435 e. The first-order chi connectivity index (χ1) is 14.6. The molecular formula is C19H13ClF5N3O3. The van der Waals surface area contributed by atoms with E-state index in [1.54, 1.807) is 12.1 Å². The van der Waals surface area contributed by atoms with Crippen molar-refractivity contribution in [3.05, 3.63) is 65.3 Å². The number of halogens is 6. The van der Waals surface area contributed by atoms with Gasteiger partial charge in [0.1, 0.15) is 5.75 Å². The van der Waals surface area contributed by atoms with Crippen LogP contribution < -0.4 is 14.8 Å². The van der Waals surface area contributed by atoms with Crippen LogP contribution >= 0.6 is 11.6 Å². The maximum atomic E-state index is 13.1. The zero-order valence-corrected chi connectivity index (χ0v) is 16.1. The minimum absolute atomic E-state index is 0.104. The highest BCUT2D eigenvalue weighted by molar-refractivity contribution is 6.32. The van der Waals surface area contributed by atoms with E-state index in [0.717, 1.165) is 4.68 Å². The Kier molecular flexibility index (Phi) is 6.64. The number of benzene rings is 2. The van der Waals surface area contributed by atoms with E-state index in [9.17, 15) is 26.7 Å². The molecule has 12 heteroatoms. The first kappa shape index (κ1) is 22.3. The van der Waals surface area contributed by atoms with Crippen LogP contribution in [-0.4, -0.2) is 28.9 Å². The molecule has 3 rings (SSSR count). The topological polar surface area (TPSA) is 65.4 Å². The number of para-hydroxylation sites is 1. The Morgan fingerprint density at radius 3 is 2.42 bits per heavy atom. The summed E-state index contributed by atoms with van der Waals surface area (Å²) >= 11 is 6.03. The van der Waals surface area contributed by atoms with E-state index in [-0.39, 0.29) is 28.0 Å².